The van der Waals surface area contributed by atoms with Crippen LogP contribution in [-0.2, 0) is 6.54 Å². The summed E-state index contributed by atoms with van der Waals surface area (Å²) in [6.45, 7) is 7.47. The molecule has 2 heterocycles. The zero-order valence-electron chi connectivity index (χ0n) is 15.5. The summed E-state index contributed by atoms with van der Waals surface area (Å²) in [7, 11) is 0. The van der Waals surface area contributed by atoms with Crippen LogP contribution < -0.4 is 5.73 Å². The number of rotatable bonds is 5. The zero-order chi connectivity index (χ0) is 18.5. The molecule has 0 unspecified atom stereocenters. The van der Waals surface area contributed by atoms with E-state index in [1.54, 1.807) is 0 Å². The minimum atomic E-state index is 0.125. The molecule has 1 fully saturated rings. The summed E-state index contributed by atoms with van der Waals surface area (Å²) in [5.74, 6) is 1.48. The first-order valence-electron chi connectivity index (χ1n) is 9.33. The zero-order valence-corrected chi connectivity index (χ0v) is 15.5. The van der Waals surface area contributed by atoms with Crippen molar-refractivity contribution in [3.05, 3.63) is 35.7 Å². The van der Waals surface area contributed by atoms with Crippen molar-refractivity contribution in [1.29, 1.82) is 0 Å². The van der Waals surface area contributed by atoms with Crippen molar-refractivity contribution in [1.82, 2.24) is 19.9 Å². The van der Waals surface area contributed by atoms with Gasteiger partial charge in [-0.3, -0.25) is 0 Å². The topological polar surface area (TPSA) is 88.5 Å². The standard InChI is InChI=1S/C19H27N5O2/c1-3-23(4-2)19(25)24-11-9-16(10-12-24)18-21-17(22-26-18)15-7-5-14(13-20)6-8-15/h5-8,16H,3-4,9-13,20H2,1-2H3. The number of carbonyl (C=O) groups is 1. The summed E-state index contributed by atoms with van der Waals surface area (Å²) in [5.41, 5.74) is 7.62. The molecule has 1 aromatic carbocycles. The molecule has 7 heteroatoms. The van der Waals surface area contributed by atoms with Crippen LogP contribution in [0.3, 0.4) is 0 Å². The van der Waals surface area contributed by atoms with Crippen LogP contribution in [0.4, 0.5) is 4.79 Å². The van der Waals surface area contributed by atoms with Crippen LogP contribution >= 0.6 is 0 Å². The molecule has 7 nitrogen and oxygen atoms in total. The van der Waals surface area contributed by atoms with Crippen LogP contribution in [0.2, 0.25) is 0 Å². The second kappa shape index (κ2) is 8.31. The SMILES string of the molecule is CCN(CC)C(=O)N1CCC(c2nc(-c3ccc(CN)cc3)no2)CC1. The molecular weight excluding hydrogens is 330 g/mol. The monoisotopic (exact) mass is 357 g/mol. The fourth-order valence-electron chi connectivity index (χ4n) is 3.32. The molecule has 3 rings (SSSR count). The van der Waals surface area contributed by atoms with Crippen LogP contribution in [0.25, 0.3) is 11.4 Å². The van der Waals surface area contributed by atoms with Crippen molar-refractivity contribution in [2.24, 2.45) is 5.73 Å². The van der Waals surface area contributed by atoms with Crippen LogP contribution in [-0.4, -0.2) is 52.2 Å². The highest BCUT2D eigenvalue weighted by Crippen LogP contribution is 2.29. The molecule has 1 aliphatic heterocycles. The van der Waals surface area contributed by atoms with Gasteiger partial charge >= 0.3 is 6.03 Å². The van der Waals surface area contributed by atoms with Crippen LogP contribution in [0, 0.1) is 0 Å². The third kappa shape index (κ3) is 3.88. The second-order valence-corrected chi connectivity index (χ2v) is 6.57. The van der Waals surface area contributed by atoms with Crippen molar-refractivity contribution < 1.29 is 9.32 Å². The number of likely N-dealkylation sites (tertiary alicyclic amines) is 1. The third-order valence-corrected chi connectivity index (χ3v) is 5.04. The Kier molecular flexibility index (Phi) is 5.88. The minimum Gasteiger partial charge on any atom is -0.339 e. The van der Waals surface area contributed by atoms with E-state index in [9.17, 15) is 4.79 Å². The highest BCUT2D eigenvalue weighted by Gasteiger charge is 2.29. The van der Waals surface area contributed by atoms with E-state index in [4.69, 9.17) is 10.3 Å². The number of nitrogens with two attached hydrogens (primary N) is 1. The van der Waals surface area contributed by atoms with Crippen molar-refractivity contribution in [2.45, 2.75) is 39.2 Å². The van der Waals surface area contributed by atoms with Gasteiger partial charge in [-0.15, -0.1) is 0 Å². The van der Waals surface area contributed by atoms with Gasteiger partial charge in [-0.25, -0.2) is 4.79 Å². The molecule has 0 atom stereocenters. The lowest BCUT2D eigenvalue weighted by Gasteiger charge is -2.34. The number of piperidine rings is 1. The number of aromatic nitrogens is 2. The largest absolute Gasteiger partial charge is 0.339 e. The van der Waals surface area contributed by atoms with E-state index in [-0.39, 0.29) is 11.9 Å². The molecule has 2 amide bonds. The van der Waals surface area contributed by atoms with E-state index in [2.05, 4.69) is 10.1 Å². The molecular formula is C19H27N5O2. The molecule has 0 saturated carbocycles. The normalized spacial score (nSPS) is 15.3. The van der Waals surface area contributed by atoms with E-state index in [1.165, 1.54) is 0 Å². The fraction of sp³-hybridized carbons (Fsp3) is 0.526. The molecule has 0 bridgehead atoms. The van der Waals surface area contributed by atoms with E-state index >= 15 is 0 Å². The number of hydrogen-bond donors (Lipinski definition) is 1. The maximum Gasteiger partial charge on any atom is 0.319 e. The van der Waals surface area contributed by atoms with Gasteiger partial charge in [0.25, 0.3) is 0 Å². The second-order valence-electron chi connectivity index (χ2n) is 6.57. The van der Waals surface area contributed by atoms with Crippen LogP contribution in [0.5, 0.6) is 0 Å². The first-order chi connectivity index (χ1) is 12.7. The summed E-state index contributed by atoms with van der Waals surface area (Å²) in [6.07, 6.45) is 1.70. The first kappa shape index (κ1) is 18.4. The number of carbonyl (C=O) groups excluding carboxylic acids is 1. The fourth-order valence-corrected chi connectivity index (χ4v) is 3.32. The third-order valence-electron chi connectivity index (χ3n) is 5.04. The van der Waals surface area contributed by atoms with Gasteiger partial charge in [-0.05, 0) is 32.3 Å². The van der Waals surface area contributed by atoms with Crippen molar-refractivity contribution >= 4 is 6.03 Å². The lowest BCUT2D eigenvalue weighted by molar-refractivity contribution is 0.140. The number of urea groups is 1. The maximum absolute atomic E-state index is 12.4. The smallest absolute Gasteiger partial charge is 0.319 e. The molecule has 2 N–H and O–H groups in total. The van der Waals surface area contributed by atoms with Gasteiger partial charge in [0.2, 0.25) is 11.7 Å². The highest BCUT2D eigenvalue weighted by atomic mass is 16.5. The summed E-state index contributed by atoms with van der Waals surface area (Å²) in [5, 5.41) is 4.12. The van der Waals surface area contributed by atoms with Crippen LogP contribution in [0.1, 0.15) is 44.1 Å². The first-order valence-corrected chi connectivity index (χ1v) is 9.33. The average molecular weight is 357 g/mol. The van der Waals surface area contributed by atoms with E-state index in [0.717, 1.165) is 50.1 Å². The van der Waals surface area contributed by atoms with E-state index in [1.807, 2.05) is 47.9 Å². The van der Waals surface area contributed by atoms with Gasteiger partial charge < -0.3 is 20.1 Å². The van der Waals surface area contributed by atoms with E-state index in [0.29, 0.717) is 18.3 Å². The van der Waals surface area contributed by atoms with Gasteiger partial charge in [-0.2, -0.15) is 4.98 Å². The molecule has 2 aromatic rings. The maximum atomic E-state index is 12.4. The summed E-state index contributed by atoms with van der Waals surface area (Å²) in [6, 6.07) is 8.00. The molecule has 1 saturated heterocycles. The molecule has 1 aliphatic rings. The number of hydrogen-bond acceptors (Lipinski definition) is 5. The van der Waals surface area contributed by atoms with Crippen LogP contribution in [0.15, 0.2) is 28.8 Å². The van der Waals surface area contributed by atoms with Gasteiger partial charge in [0.15, 0.2) is 0 Å². The molecule has 0 aliphatic carbocycles. The van der Waals surface area contributed by atoms with Gasteiger partial charge in [0, 0.05) is 44.2 Å². The molecule has 26 heavy (non-hydrogen) atoms. The Morgan fingerprint density at radius 1 is 1.23 bits per heavy atom. The lowest BCUT2D eigenvalue weighted by Crippen LogP contribution is -2.46. The van der Waals surface area contributed by atoms with Gasteiger partial charge in [0.05, 0.1) is 0 Å². The van der Waals surface area contributed by atoms with Gasteiger partial charge in [0.1, 0.15) is 0 Å². The van der Waals surface area contributed by atoms with Crippen molar-refractivity contribution in [3.8, 4) is 11.4 Å². The summed E-state index contributed by atoms with van der Waals surface area (Å²) in [4.78, 5) is 20.8. The Labute approximate surface area is 154 Å². The minimum absolute atomic E-state index is 0.125. The molecule has 140 valence electrons. The Balaban J connectivity index is 1.61. The molecule has 0 radical (unpaired) electrons. The quantitative estimate of drug-likeness (QED) is 0.889. The number of nitrogens with zero attached hydrogens (tertiary/aromatic N) is 4. The average Bonchev–Trinajstić information content (AvgIpc) is 3.19. The lowest BCUT2D eigenvalue weighted by atomic mass is 9.97. The Bertz CT molecular complexity index is 716. The Morgan fingerprint density at radius 2 is 1.88 bits per heavy atom. The molecule has 0 spiro atoms. The Morgan fingerprint density at radius 3 is 2.46 bits per heavy atom. The van der Waals surface area contributed by atoms with E-state index < -0.39 is 0 Å². The van der Waals surface area contributed by atoms with Crippen molar-refractivity contribution in [3.63, 3.8) is 0 Å². The summed E-state index contributed by atoms with van der Waals surface area (Å²) >= 11 is 0. The van der Waals surface area contributed by atoms with Gasteiger partial charge in [-0.1, -0.05) is 29.4 Å². The summed E-state index contributed by atoms with van der Waals surface area (Å²) < 4.78 is 5.50. The van der Waals surface area contributed by atoms with Crippen molar-refractivity contribution in [2.75, 3.05) is 26.2 Å². The Hall–Kier alpha value is -2.41. The highest BCUT2D eigenvalue weighted by molar-refractivity contribution is 5.74. The predicted molar refractivity (Wildman–Crippen MR) is 99.5 cm³/mol. The number of amides is 2. The molecule has 1 aromatic heterocycles. The predicted octanol–water partition coefficient (Wildman–Crippen LogP) is 2.84. The number of benzene rings is 1.